The molecule has 1 aliphatic carbocycles. The van der Waals surface area contributed by atoms with Crippen molar-refractivity contribution < 1.29 is 24.2 Å². The third-order valence-electron chi connectivity index (χ3n) is 7.33. The Labute approximate surface area is 226 Å². The molecule has 1 aliphatic heterocycles. The molecule has 5 amide bonds. The molecular formula is C28H45N5O5. The van der Waals surface area contributed by atoms with Gasteiger partial charge in [0.25, 0.3) is 0 Å². The van der Waals surface area contributed by atoms with E-state index in [4.69, 9.17) is 4.74 Å². The van der Waals surface area contributed by atoms with Crippen molar-refractivity contribution in [1.29, 1.82) is 0 Å². The van der Waals surface area contributed by atoms with Gasteiger partial charge in [-0.15, -0.1) is 0 Å². The first-order valence-corrected chi connectivity index (χ1v) is 13.9. The van der Waals surface area contributed by atoms with Gasteiger partial charge in [0.15, 0.2) is 0 Å². The van der Waals surface area contributed by atoms with E-state index in [1.54, 1.807) is 35.0 Å². The number of likely N-dealkylation sites (N-methyl/N-ethyl adjacent to an activating group) is 1. The van der Waals surface area contributed by atoms with Crippen molar-refractivity contribution in [2.24, 2.45) is 5.92 Å². The van der Waals surface area contributed by atoms with Crippen LogP contribution < -0.4 is 20.7 Å². The molecule has 0 spiro atoms. The highest BCUT2D eigenvalue weighted by molar-refractivity contribution is 5.90. The van der Waals surface area contributed by atoms with Gasteiger partial charge in [0.05, 0.1) is 25.6 Å². The first kappa shape index (κ1) is 29.5. The van der Waals surface area contributed by atoms with Gasteiger partial charge in [-0.2, -0.15) is 0 Å². The minimum Gasteiger partial charge on any atom is -0.488 e. The Balaban J connectivity index is 1.83. The van der Waals surface area contributed by atoms with E-state index in [0.717, 1.165) is 25.7 Å². The number of rotatable bonds is 7. The maximum Gasteiger partial charge on any atom is 0.319 e. The lowest BCUT2D eigenvalue weighted by Gasteiger charge is -2.34. The van der Waals surface area contributed by atoms with Crippen molar-refractivity contribution in [3.05, 3.63) is 23.8 Å². The number of benzene rings is 1. The summed E-state index contributed by atoms with van der Waals surface area (Å²) in [6, 6.07) is 4.69. The number of nitrogens with one attached hydrogen (secondary N) is 3. The topological polar surface area (TPSA) is 123 Å². The molecule has 0 saturated heterocycles. The fourth-order valence-corrected chi connectivity index (χ4v) is 5.03. The Morgan fingerprint density at radius 2 is 1.89 bits per heavy atom. The molecule has 0 radical (unpaired) electrons. The highest BCUT2D eigenvalue weighted by Gasteiger charge is 2.32. The second-order valence-electron chi connectivity index (χ2n) is 11.1. The molecule has 10 heteroatoms. The molecule has 0 bridgehead atoms. The number of fused-ring (bicyclic) bond motifs is 1. The number of anilines is 1. The lowest BCUT2D eigenvalue weighted by atomic mass is 9.96. The standard InChI is InChI=1S/C28H45N5O5/c1-18(2)29-28(37)32(5)16-25-19(3)15-33(20(4)17-34)26(35)14-21-13-23(11-12-24(21)38-25)31-27(36)30-22-9-7-6-8-10-22/h11-13,18-20,22,25,34H,6-10,14-17H2,1-5H3,(H,29,37)(H2,30,31,36)/t19-,20+,25-/m0/s1. The van der Waals surface area contributed by atoms with Crippen LogP contribution in [0.3, 0.4) is 0 Å². The molecule has 1 fully saturated rings. The quantitative estimate of drug-likeness (QED) is 0.430. The predicted octanol–water partition coefficient (Wildman–Crippen LogP) is 3.34. The minimum absolute atomic E-state index is 0.00398. The van der Waals surface area contributed by atoms with Gasteiger partial charge in [0, 0.05) is 42.8 Å². The molecule has 1 heterocycles. The number of carbonyl (C=O) groups is 3. The van der Waals surface area contributed by atoms with Gasteiger partial charge in [-0.25, -0.2) is 9.59 Å². The summed E-state index contributed by atoms with van der Waals surface area (Å²) in [5.74, 6) is 0.301. The van der Waals surface area contributed by atoms with Crippen LogP contribution in [0.5, 0.6) is 5.75 Å². The lowest BCUT2D eigenvalue weighted by Crippen LogP contribution is -2.49. The molecule has 1 saturated carbocycles. The number of hydrogen-bond acceptors (Lipinski definition) is 5. The molecule has 3 rings (SSSR count). The summed E-state index contributed by atoms with van der Waals surface area (Å²) in [6.45, 7) is 8.15. The summed E-state index contributed by atoms with van der Waals surface area (Å²) >= 11 is 0. The van der Waals surface area contributed by atoms with E-state index in [-0.39, 0.29) is 55.0 Å². The summed E-state index contributed by atoms with van der Waals surface area (Å²) in [5, 5.41) is 18.7. The van der Waals surface area contributed by atoms with Crippen molar-refractivity contribution in [3.8, 4) is 5.75 Å². The second kappa shape index (κ2) is 13.7. The number of hydrogen-bond donors (Lipinski definition) is 4. The molecule has 1 aromatic rings. The Kier molecular flexibility index (Phi) is 10.6. The number of ether oxygens (including phenoxy) is 1. The highest BCUT2D eigenvalue weighted by atomic mass is 16.5. The first-order chi connectivity index (χ1) is 18.1. The molecule has 0 aromatic heterocycles. The van der Waals surface area contributed by atoms with Crippen LogP contribution in [0.4, 0.5) is 15.3 Å². The molecule has 3 atom stereocenters. The van der Waals surface area contributed by atoms with Gasteiger partial charge < -0.3 is 35.6 Å². The fraction of sp³-hybridized carbons (Fsp3) is 0.679. The maximum absolute atomic E-state index is 13.4. The Hall–Kier alpha value is -3.01. The van der Waals surface area contributed by atoms with E-state index < -0.39 is 6.10 Å². The van der Waals surface area contributed by atoms with Crippen LogP contribution in [0.1, 0.15) is 65.4 Å². The summed E-state index contributed by atoms with van der Waals surface area (Å²) in [7, 11) is 1.72. The zero-order valence-electron chi connectivity index (χ0n) is 23.5. The normalized spacial score (nSPS) is 21.3. The van der Waals surface area contributed by atoms with Gasteiger partial charge in [0.2, 0.25) is 5.91 Å². The fourth-order valence-electron chi connectivity index (χ4n) is 5.03. The number of amides is 5. The van der Waals surface area contributed by atoms with E-state index in [1.807, 2.05) is 27.7 Å². The van der Waals surface area contributed by atoms with Crippen LogP contribution in [-0.2, 0) is 11.2 Å². The van der Waals surface area contributed by atoms with E-state index in [2.05, 4.69) is 16.0 Å². The molecule has 10 nitrogen and oxygen atoms in total. The number of aliphatic hydroxyl groups excluding tert-OH is 1. The van der Waals surface area contributed by atoms with Gasteiger partial charge >= 0.3 is 12.1 Å². The lowest BCUT2D eigenvalue weighted by molar-refractivity contribution is -0.134. The van der Waals surface area contributed by atoms with Gasteiger partial charge in [-0.3, -0.25) is 4.79 Å². The van der Waals surface area contributed by atoms with Crippen molar-refractivity contribution in [1.82, 2.24) is 20.4 Å². The van der Waals surface area contributed by atoms with E-state index in [9.17, 15) is 19.5 Å². The second-order valence-corrected chi connectivity index (χ2v) is 11.1. The van der Waals surface area contributed by atoms with Crippen molar-refractivity contribution in [3.63, 3.8) is 0 Å². The highest BCUT2D eigenvalue weighted by Crippen LogP contribution is 2.29. The van der Waals surface area contributed by atoms with E-state index in [0.29, 0.717) is 30.1 Å². The zero-order chi connectivity index (χ0) is 27.8. The summed E-state index contributed by atoms with van der Waals surface area (Å²) in [5.41, 5.74) is 1.22. The SMILES string of the molecule is CC(C)NC(=O)N(C)C[C@@H]1Oc2ccc(NC(=O)NC3CCCCC3)cc2CC(=O)N([C@H](C)CO)C[C@@H]1C. The van der Waals surface area contributed by atoms with Crippen LogP contribution in [-0.4, -0.2) is 83.8 Å². The smallest absolute Gasteiger partial charge is 0.319 e. The molecular weight excluding hydrogens is 486 g/mol. The summed E-state index contributed by atoms with van der Waals surface area (Å²) in [6.07, 6.45) is 5.11. The third kappa shape index (κ3) is 8.24. The Morgan fingerprint density at radius 1 is 1.18 bits per heavy atom. The number of nitrogens with zero attached hydrogens (tertiary/aromatic N) is 2. The minimum atomic E-state index is -0.399. The monoisotopic (exact) mass is 531 g/mol. The van der Waals surface area contributed by atoms with Gasteiger partial charge in [-0.1, -0.05) is 26.2 Å². The average molecular weight is 532 g/mol. The van der Waals surface area contributed by atoms with Crippen molar-refractivity contribution >= 4 is 23.7 Å². The van der Waals surface area contributed by atoms with Crippen LogP contribution >= 0.6 is 0 Å². The van der Waals surface area contributed by atoms with E-state index in [1.165, 1.54) is 6.42 Å². The summed E-state index contributed by atoms with van der Waals surface area (Å²) in [4.78, 5) is 41.8. The van der Waals surface area contributed by atoms with Crippen LogP contribution in [0.2, 0.25) is 0 Å². The van der Waals surface area contributed by atoms with Crippen molar-refractivity contribution in [2.45, 2.75) is 90.4 Å². The van der Waals surface area contributed by atoms with Gasteiger partial charge in [0.1, 0.15) is 11.9 Å². The molecule has 2 aliphatic rings. The summed E-state index contributed by atoms with van der Waals surface area (Å²) < 4.78 is 6.46. The Bertz CT molecular complexity index is 965. The molecule has 38 heavy (non-hydrogen) atoms. The van der Waals surface area contributed by atoms with Crippen LogP contribution in [0.25, 0.3) is 0 Å². The number of carbonyl (C=O) groups excluding carboxylic acids is 3. The molecule has 0 unspecified atom stereocenters. The molecule has 4 N–H and O–H groups in total. The van der Waals surface area contributed by atoms with Crippen molar-refractivity contribution in [2.75, 3.05) is 32.1 Å². The van der Waals surface area contributed by atoms with Gasteiger partial charge in [-0.05, 0) is 51.8 Å². The molecule has 1 aromatic carbocycles. The molecule has 212 valence electrons. The average Bonchev–Trinajstić information content (AvgIpc) is 2.91. The predicted molar refractivity (Wildman–Crippen MR) is 147 cm³/mol. The third-order valence-corrected chi connectivity index (χ3v) is 7.33. The first-order valence-electron chi connectivity index (χ1n) is 13.9. The van der Waals surface area contributed by atoms with Crippen LogP contribution in [0, 0.1) is 5.92 Å². The van der Waals surface area contributed by atoms with E-state index >= 15 is 0 Å². The number of urea groups is 2. The zero-order valence-corrected chi connectivity index (χ0v) is 23.5. The maximum atomic E-state index is 13.4. The largest absolute Gasteiger partial charge is 0.488 e. The number of aliphatic hydroxyl groups is 1. The van der Waals surface area contributed by atoms with Crippen LogP contribution in [0.15, 0.2) is 18.2 Å². The Morgan fingerprint density at radius 3 is 2.55 bits per heavy atom.